The molecular formula is C27H44O5. The first-order chi connectivity index (χ1) is 15.6. The van der Waals surface area contributed by atoms with Gasteiger partial charge in [0, 0.05) is 12.8 Å². The van der Waals surface area contributed by atoms with Gasteiger partial charge in [-0.15, -0.1) is 0 Å². The van der Waals surface area contributed by atoms with Crippen LogP contribution < -0.4 is 0 Å². The largest absolute Gasteiger partial charge is 0.462 e. The van der Waals surface area contributed by atoms with Gasteiger partial charge in [-0.25, -0.2) is 0 Å². The topological polar surface area (TPSA) is 72.8 Å². The van der Waals surface area contributed by atoms with Gasteiger partial charge in [0.1, 0.15) is 6.61 Å². The summed E-state index contributed by atoms with van der Waals surface area (Å²) in [4.78, 5) is 23.2. The molecule has 0 aromatic rings. The molecule has 32 heavy (non-hydrogen) atoms. The fraction of sp³-hybridized carbons (Fsp3) is 0.630. The van der Waals surface area contributed by atoms with Crippen LogP contribution in [0.3, 0.4) is 0 Å². The Kier molecular flexibility index (Phi) is 21.9. The van der Waals surface area contributed by atoms with Crippen LogP contribution in [0.2, 0.25) is 0 Å². The standard InChI is InChI=1S/C27H44O5/c1-3-5-6-7-8-9-10-11-12-13-14-15-16-17-18-19-20-22-27(30)32-25(23-28)24-31-26(29)21-4-2/h5-6,8-9,11-12,14-15,25,28H,3-4,7,10,13,16-24H2,1-2H3/b6-5-,9-8-,12-11-,15-14-. The molecule has 1 N–H and O–H groups in total. The maximum absolute atomic E-state index is 11.8. The van der Waals surface area contributed by atoms with Gasteiger partial charge in [0.15, 0.2) is 6.10 Å². The van der Waals surface area contributed by atoms with E-state index in [1.807, 2.05) is 6.92 Å². The third kappa shape index (κ3) is 21.1. The van der Waals surface area contributed by atoms with E-state index in [0.29, 0.717) is 19.3 Å². The molecule has 0 aliphatic rings. The maximum Gasteiger partial charge on any atom is 0.306 e. The zero-order chi connectivity index (χ0) is 23.7. The summed E-state index contributed by atoms with van der Waals surface area (Å²) in [7, 11) is 0. The van der Waals surface area contributed by atoms with Crippen molar-refractivity contribution in [3.63, 3.8) is 0 Å². The van der Waals surface area contributed by atoms with E-state index in [1.54, 1.807) is 0 Å². The van der Waals surface area contributed by atoms with Crippen LogP contribution in [0.4, 0.5) is 0 Å². The van der Waals surface area contributed by atoms with Crippen molar-refractivity contribution in [3.05, 3.63) is 48.6 Å². The van der Waals surface area contributed by atoms with Gasteiger partial charge in [-0.1, -0.05) is 75.3 Å². The highest BCUT2D eigenvalue weighted by atomic mass is 16.6. The van der Waals surface area contributed by atoms with Crippen LogP contribution in [0.1, 0.15) is 90.9 Å². The molecule has 0 aromatic carbocycles. The van der Waals surface area contributed by atoms with Crippen LogP contribution >= 0.6 is 0 Å². The summed E-state index contributed by atoms with van der Waals surface area (Å²) < 4.78 is 10.1. The van der Waals surface area contributed by atoms with Crippen LogP contribution in [0.25, 0.3) is 0 Å². The molecule has 0 spiro atoms. The molecule has 5 heteroatoms. The zero-order valence-corrected chi connectivity index (χ0v) is 20.2. The Hall–Kier alpha value is -2.14. The second kappa shape index (κ2) is 23.5. The second-order valence-corrected chi connectivity index (χ2v) is 7.68. The number of carbonyl (C=O) groups excluding carboxylic acids is 2. The zero-order valence-electron chi connectivity index (χ0n) is 20.2. The first kappa shape index (κ1) is 29.9. The summed E-state index contributed by atoms with van der Waals surface area (Å²) >= 11 is 0. The summed E-state index contributed by atoms with van der Waals surface area (Å²) in [5.74, 6) is -0.690. The highest BCUT2D eigenvalue weighted by molar-refractivity contribution is 5.70. The Balaban J connectivity index is 3.63. The predicted octanol–water partition coefficient (Wildman–Crippen LogP) is 6.38. The van der Waals surface area contributed by atoms with Crippen molar-refractivity contribution in [1.82, 2.24) is 0 Å². The molecule has 182 valence electrons. The third-order valence-corrected chi connectivity index (χ3v) is 4.61. The summed E-state index contributed by atoms with van der Waals surface area (Å²) in [5, 5.41) is 9.25. The number of allylic oxidation sites excluding steroid dienone is 8. The molecule has 0 bridgehead atoms. The van der Waals surface area contributed by atoms with Crippen LogP contribution in [0, 0.1) is 0 Å². The second-order valence-electron chi connectivity index (χ2n) is 7.68. The quantitative estimate of drug-likeness (QED) is 0.133. The number of esters is 2. The van der Waals surface area contributed by atoms with Crippen molar-refractivity contribution in [1.29, 1.82) is 0 Å². The van der Waals surface area contributed by atoms with Crippen LogP contribution in [-0.2, 0) is 19.1 Å². The Bertz CT molecular complexity index is 575. The molecule has 0 aromatic heterocycles. The molecule has 0 saturated carbocycles. The number of unbranched alkanes of at least 4 members (excludes halogenated alkanes) is 4. The van der Waals surface area contributed by atoms with Gasteiger partial charge in [-0.2, -0.15) is 0 Å². The van der Waals surface area contributed by atoms with Gasteiger partial charge in [0.25, 0.3) is 0 Å². The van der Waals surface area contributed by atoms with E-state index < -0.39 is 6.10 Å². The SMILES string of the molecule is CC/C=C\C/C=C\C/C=C\C/C=C\CCCCCCC(=O)OC(CO)COC(=O)CCC. The lowest BCUT2D eigenvalue weighted by molar-refractivity contribution is -0.161. The van der Waals surface area contributed by atoms with Crippen molar-refractivity contribution >= 4 is 11.9 Å². The van der Waals surface area contributed by atoms with E-state index in [2.05, 4.69) is 55.5 Å². The fourth-order valence-corrected chi connectivity index (χ4v) is 2.81. The molecule has 1 atom stereocenters. The molecule has 0 aliphatic heterocycles. The van der Waals surface area contributed by atoms with Crippen molar-refractivity contribution < 1.29 is 24.2 Å². The van der Waals surface area contributed by atoms with E-state index in [-0.39, 0.29) is 25.2 Å². The van der Waals surface area contributed by atoms with E-state index in [0.717, 1.165) is 57.8 Å². The maximum atomic E-state index is 11.8. The number of rotatable bonds is 20. The minimum absolute atomic E-state index is 0.0874. The Morgan fingerprint density at radius 1 is 0.750 bits per heavy atom. The molecule has 0 rings (SSSR count). The molecule has 5 nitrogen and oxygen atoms in total. The smallest absolute Gasteiger partial charge is 0.306 e. The number of aliphatic hydroxyl groups is 1. The Morgan fingerprint density at radius 3 is 1.94 bits per heavy atom. The van der Waals surface area contributed by atoms with Crippen LogP contribution in [0.5, 0.6) is 0 Å². The number of carbonyl (C=O) groups is 2. The molecule has 1 unspecified atom stereocenters. The molecule has 0 heterocycles. The highest BCUT2D eigenvalue weighted by Crippen LogP contribution is 2.08. The fourth-order valence-electron chi connectivity index (χ4n) is 2.81. The van der Waals surface area contributed by atoms with Crippen molar-refractivity contribution in [2.24, 2.45) is 0 Å². The summed E-state index contributed by atoms with van der Waals surface area (Å²) in [5.41, 5.74) is 0. The van der Waals surface area contributed by atoms with Gasteiger partial charge >= 0.3 is 11.9 Å². The lowest BCUT2D eigenvalue weighted by atomic mass is 10.1. The van der Waals surface area contributed by atoms with Gasteiger partial charge in [-0.05, 0) is 51.4 Å². The van der Waals surface area contributed by atoms with Crippen LogP contribution in [0.15, 0.2) is 48.6 Å². The minimum atomic E-state index is -0.776. The molecule has 0 amide bonds. The first-order valence-corrected chi connectivity index (χ1v) is 12.2. The van der Waals surface area contributed by atoms with Crippen molar-refractivity contribution in [3.8, 4) is 0 Å². The summed E-state index contributed by atoms with van der Waals surface area (Å²) in [6.45, 7) is 3.59. The number of hydrogen-bond donors (Lipinski definition) is 1. The van der Waals surface area contributed by atoms with Crippen LogP contribution in [-0.4, -0.2) is 36.4 Å². The van der Waals surface area contributed by atoms with Crippen molar-refractivity contribution in [2.75, 3.05) is 13.2 Å². The molecule has 0 fully saturated rings. The monoisotopic (exact) mass is 448 g/mol. The van der Waals surface area contributed by atoms with Gasteiger partial charge < -0.3 is 14.6 Å². The van der Waals surface area contributed by atoms with Gasteiger partial charge in [-0.3, -0.25) is 9.59 Å². The van der Waals surface area contributed by atoms with E-state index >= 15 is 0 Å². The highest BCUT2D eigenvalue weighted by Gasteiger charge is 2.15. The van der Waals surface area contributed by atoms with E-state index in [9.17, 15) is 14.7 Å². The van der Waals surface area contributed by atoms with Gasteiger partial charge in [0.05, 0.1) is 6.61 Å². The van der Waals surface area contributed by atoms with Crippen molar-refractivity contribution in [2.45, 2.75) is 97.0 Å². The minimum Gasteiger partial charge on any atom is -0.462 e. The Labute approximate surface area is 195 Å². The average molecular weight is 449 g/mol. The summed E-state index contributed by atoms with van der Waals surface area (Å²) in [6.07, 6.45) is 27.2. The normalized spacial score (nSPS) is 13.0. The Morgan fingerprint density at radius 2 is 1.34 bits per heavy atom. The van der Waals surface area contributed by atoms with Gasteiger partial charge in [0.2, 0.25) is 0 Å². The molecular weight excluding hydrogens is 404 g/mol. The lowest BCUT2D eigenvalue weighted by Crippen LogP contribution is -2.28. The average Bonchev–Trinajstić information content (AvgIpc) is 2.78. The third-order valence-electron chi connectivity index (χ3n) is 4.61. The molecule has 0 radical (unpaired) electrons. The van der Waals surface area contributed by atoms with E-state index in [4.69, 9.17) is 9.47 Å². The number of hydrogen-bond acceptors (Lipinski definition) is 5. The molecule has 0 saturated heterocycles. The summed E-state index contributed by atoms with van der Waals surface area (Å²) in [6, 6.07) is 0. The number of ether oxygens (including phenoxy) is 2. The lowest BCUT2D eigenvalue weighted by Gasteiger charge is -2.15. The first-order valence-electron chi connectivity index (χ1n) is 12.2. The molecule has 0 aliphatic carbocycles. The predicted molar refractivity (Wildman–Crippen MR) is 131 cm³/mol. The van der Waals surface area contributed by atoms with E-state index in [1.165, 1.54) is 0 Å². The number of aliphatic hydroxyl groups excluding tert-OH is 1.